The van der Waals surface area contributed by atoms with E-state index < -0.39 is 0 Å². The minimum Gasteiger partial charge on any atom is -0.438 e. The van der Waals surface area contributed by atoms with Gasteiger partial charge in [-0.05, 0) is 30.7 Å². The average Bonchev–Trinajstić information content (AvgIpc) is 3.30. The van der Waals surface area contributed by atoms with Crippen LogP contribution < -0.4 is 15.8 Å². The quantitative estimate of drug-likeness (QED) is 0.508. The summed E-state index contributed by atoms with van der Waals surface area (Å²) in [7, 11) is 1.61. The second kappa shape index (κ2) is 8.08. The number of pyridine rings is 2. The number of carbonyl (C=O) groups is 1. The van der Waals surface area contributed by atoms with Gasteiger partial charge in [0.2, 0.25) is 5.58 Å². The van der Waals surface area contributed by atoms with Crippen LogP contribution in [0.4, 0.5) is 5.69 Å². The van der Waals surface area contributed by atoms with E-state index in [4.69, 9.17) is 4.42 Å². The second-order valence-corrected chi connectivity index (χ2v) is 8.01. The van der Waals surface area contributed by atoms with Gasteiger partial charge < -0.3 is 19.6 Å². The van der Waals surface area contributed by atoms with Crippen molar-refractivity contribution in [2.45, 2.75) is 13.5 Å². The molecule has 9 heteroatoms. The fourth-order valence-electron chi connectivity index (χ4n) is 4.33. The number of amides is 1. The minimum atomic E-state index is -0.262. The van der Waals surface area contributed by atoms with Crippen molar-refractivity contribution >= 4 is 33.6 Å². The molecule has 5 rings (SSSR count). The topological polar surface area (TPSA) is 107 Å². The molecule has 9 nitrogen and oxygen atoms in total. The molecule has 4 aromatic rings. The van der Waals surface area contributed by atoms with E-state index in [2.05, 4.69) is 36.1 Å². The summed E-state index contributed by atoms with van der Waals surface area (Å²) in [4.78, 5) is 40.2. The third-order valence-corrected chi connectivity index (χ3v) is 6.00. The lowest BCUT2D eigenvalue weighted by atomic mass is 10.1. The maximum atomic E-state index is 12.2. The highest BCUT2D eigenvalue weighted by molar-refractivity contribution is 6.00. The maximum Gasteiger partial charge on any atom is 0.293 e. The summed E-state index contributed by atoms with van der Waals surface area (Å²) in [6.45, 7) is 6.32. The third-order valence-electron chi connectivity index (χ3n) is 6.00. The molecule has 1 aliphatic rings. The number of H-pyrrole nitrogens is 1. The Morgan fingerprint density at radius 2 is 2.00 bits per heavy atom. The first-order valence-electron chi connectivity index (χ1n) is 10.6. The van der Waals surface area contributed by atoms with Crippen LogP contribution in [0.1, 0.15) is 21.7 Å². The molecular weight excluding hydrogens is 408 g/mol. The Morgan fingerprint density at radius 1 is 1.19 bits per heavy atom. The molecule has 1 saturated heterocycles. The zero-order valence-electron chi connectivity index (χ0n) is 18.0. The number of benzene rings is 1. The van der Waals surface area contributed by atoms with E-state index in [1.165, 1.54) is 6.39 Å². The van der Waals surface area contributed by atoms with E-state index in [9.17, 15) is 9.59 Å². The fourth-order valence-corrected chi connectivity index (χ4v) is 4.33. The lowest BCUT2D eigenvalue weighted by molar-refractivity contribution is 0.0958. The summed E-state index contributed by atoms with van der Waals surface area (Å²) in [6, 6.07) is 9.84. The average molecular weight is 432 g/mol. The molecule has 0 saturated carbocycles. The Balaban J connectivity index is 1.28. The molecule has 4 heterocycles. The molecule has 0 bridgehead atoms. The summed E-state index contributed by atoms with van der Waals surface area (Å²) in [6.07, 6.45) is 1.30. The van der Waals surface area contributed by atoms with Gasteiger partial charge in [-0.15, -0.1) is 0 Å². The number of aryl methyl sites for hydroxylation is 1. The molecule has 0 unspecified atom stereocenters. The monoisotopic (exact) mass is 432 g/mol. The standard InChI is InChI=1S/C23H24N6O3/c1-14-19(6-5-17(26-14)22(30)24-2)29-9-7-28(8-10-29)12-15-3-4-16-18(11-15)27-23(31)21-20(16)25-13-32-21/h3-6,11,13H,7-10,12H2,1-2H3,(H,24,30)(H,27,31). The van der Waals surface area contributed by atoms with Crippen LogP contribution in [0.2, 0.25) is 0 Å². The van der Waals surface area contributed by atoms with Crippen molar-refractivity contribution in [2.75, 3.05) is 38.1 Å². The lowest BCUT2D eigenvalue weighted by Crippen LogP contribution is -2.46. The Morgan fingerprint density at radius 3 is 2.75 bits per heavy atom. The number of oxazole rings is 1. The minimum absolute atomic E-state index is 0.175. The molecule has 164 valence electrons. The number of aromatic amines is 1. The number of anilines is 1. The van der Waals surface area contributed by atoms with Crippen molar-refractivity contribution in [3.8, 4) is 0 Å². The van der Waals surface area contributed by atoms with Crippen LogP contribution in [0.15, 0.2) is 45.9 Å². The number of nitrogens with zero attached hydrogens (tertiary/aromatic N) is 4. The highest BCUT2D eigenvalue weighted by atomic mass is 16.3. The zero-order valence-corrected chi connectivity index (χ0v) is 18.0. The second-order valence-electron chi connectivity index (χ2n) is 8.01. The van der Waals surface area contributed by atoms with E-state index in [0.29, 0.717) is 11.2 Å². The smallest absolute Gasteiger partial charge is 0.293 e. The highest BCUT2D eigenvalue weighted by Gasteiger charge is 2.20. The van der Waals surface area contributed by atoms with E-state index in [0.717, 1.165) is 60.6 Å². The van der Waals surface area contributed by atoms with Gasteiger partial charge in [0, 0.05) is 45.2 Å². The Labute approximate surface area is 184 Å². The van der Waals surface area contributed by atoms with Gasteiger partial charge in [-0.2, -0.15) is 0 Å². The predicted molar refractivity (Wildman–Crippen MR) is 122 cm³/mol. The Hall–Kier alpha value is -3.72. The number of fused-ring (bicyclic) bond motifs is 3. The highest BCUT2D eigenvalue weighted by Crippen LogP contribution is 2.23. The number of nitrogens with one attached hydrogen (secondary N) is 2. The predicted octanol–water partition coefficient (Wildman–Crippen LogP) is 2.05. The van der Waals surface area contributed by atoms with Gasteiger partial charge in [0.15, 0.2) is 6.39 Å². The van der Waals surface area contributed by atoms with Crippen LogP contribution >= 0.6 is 0 Å². The van der Waals surface area contributed by atoms with Gasteiger partial charge in [0.05, 0.1) is 16.9 Å². The molecule has 1 aromatic carbocycles. The van der Waals surface area contributed by atoms with Crippen molar-refractivity contribution < 1.29 is 9.21 Å². The Bertz CT molecular complexity index is 1370. The van der Waals surface area contributed by atoms with Crippen molar-refractivity contribution in [3.05, 3.63) is 64.0 Å². The van der Waals surface area contributed by atoms with Crippen LogP contribution in [0.5, 0.6) is 0 Å². The molecule has 0 spiro atoms. The molecule has 0 aliphatic carbocycles. The van der Waals surface area contributed by atoms with Crippen molar-refractivity contribution in [3.63, 3.8) is 0 Å². The normalized spacial score (nSPS) is 14.9. The summed E-state index contributed by atoms with van der Waals surface area (Å²) < 4.78 is 5.20. The molecule has 1 amide bonds. The summed E-state index contributed by atoms with van der Waals surface area (Å²) >= 11 is 0. The number of carbonyl (C=O) groups excluding carboxylic acids is 1. The first-order chi connectivity index (χ1) is 15.5. The van der Waals surface area contributed by atoms with Crippen LogP contribution in [0, 0.1) is 6.92 Å². The van der Waals surface area contributed by atoms with E-state index >= 15 is 0 Å². The summed E-state index contributed by atoms with van der Waals surface area (Å²) in [5, 5.41) is 3.49. The molecule has 1 aliphatic heterocycles. The zero-order chi connectivity index (χ0) is 22.2. The summed E-state index contributed by atoms with van der Waals surface area (Å²) in [5.41, 5.74) is 4.86. The van der Waals surface area contributed by atoms with Gasteiger partial charge in [-0.1, -0.05) is 12.1 Å². The molecule has 0 radical (unpaired) electrons. The first kappa shape index (κ1) is 20.2. The lowest BCUT2D eigenvalue weighted by Gasteiger charge is -2.36. The molecule has 3 aromatic heterocycles. The van der Waals surface area contributed by atoms with Gasteiger partial charge in [0.1, 0.15) is 11.2 Å². The summed E-state index contributed by atoms with van der Waals surface area (Å²) in [5.74, 6) is -0.175. The Kier molecular flexibility index (Phi) is 5.10. The number of hydrogen-bond acceptors (Lipinski definition) is 7. The van der Waals surface area contributed by atoms with Crippen LogP contribution in [0.3, 0.4) is 0 Å². The largest absolute Gasteiger partial charge is 0.438 e. The van der Waals surface area contributed by atoms with E-state index in [-0.39, 0.29) is 17.0 Å². The van der Waals surface area contributed by atoms with E-state index in [1.54, 1.807) is 13.1 Å². The third kappa shape index (κ3) is 3.60. The van der Waals surface area contributed by atoms with Crippen molar-refractivity contribution in [1.29, 1.82) is 0 Å². The number of aromatic nitrogens is 3. The fraction of sp³-hybridized carbons (Fsp3) is 0.304. The van der Waals surface area contributed by atoms with E-state index in [1.807, 2.05) is 25.1 Å². The molecular formula is C23H24N6O3. The molecule has 0 atom stereocenters. The number of piperazine rings is 1. The maximum absolute atomic E-state index is 12.2. The van der Waals surface area contributed by atoms with Gasteiger partial charge in [-0.25, -0.2) is 9.97 Å². The van der Waals surface area contributed by atoms with Crippen LogP contribution in [-0.2, 0) is 6.54 Å². The number of rotatable bonds is 4. The van der Waals surface area contributed by atoms with Gasteiger partial charge in [-0.3, -0.25) is 14.5 Å². The molecule has 32 heavy (non-hydrogen) atoms. The number of hydrogen-bond donors (Lipinski definition) is 2. The SMILES string of the molecule is CNC(=O)c1ccc(N2CCN(Cc3ccc4c(c3)[nH]c(=O)c3ocnc34)CC2)c(C)n1. The van der Waals surface area contributed by atoms with Crippen LogP contribution in [0.25, 0.3) is 22.0 Å². The van der Waals surface area contributed by atoms with Crippen molar-refractivity contribution in [2.24, 2.45) is 0 Å². The molecule has 2 N–H and O–H groups in total. The molecule has 1 fully saturated rings. The van der Waals surface area contributed by atoms with Crippen molar-refractivity contribution in [1.82, 2.24) is 25.2 Å². The van der Waals surface area contributed by atoms with Crippen LogP contribution in [-0.4, -0.2) is 59.0 Å². The van der Waals surface area contributed by atoms with Gasteiger partial charge in [0.25, 0.3) is 11.5 Å². The van der Waals surface area contributed by atoms with Gasteiger partial charge >= 0.3 is 0 Å². The first-order valence-corrected chi connectivity index (χ1v) is 10.6.